The molecule has 10 heteroatoms. The summed E-state index contributed by atoms with van der Waals surface area (Å²) in [6, 6.07) is 12.9. The van der Waals surface area contributed by atoms with Crippen LogP contribution < -0.4 is 18.9 Å². The summed E-state index contributed by atoms with van der Waals surface area (Å²) in [6.07, 6.45) is 0. The number of pyridine rings is 1. The number of rotatable bonds is 6. The number of aromatic nitrogens is 1. The van der Waals surface area contributed by atoms with Gasteiger partial charge in [0.25, 0.3) is 0 Å². The van der Waals surface area contributed by atoms with Crippen molar-refractivity contribution >= 4 is 23.9 Å². The number of esters is 4. The quantitative estimate of drug-likeness (QED) is 0.354. The Labute approximate surface area is 212 Å². The minimum absolute atomic E-state index is 0.00276. The molecule has 0 amide bonds. The fourth-order valence-electron chi connectivity index (χ4n) is 3.48. The highest BCUT2D eigenvalue weighted by Crippen LogP contribution is 2.38. The van der Waals surface area contributed by atoms with E-state index in [2.05, 4.69) is 11.1 Å². The fourth-order valence-corrected chi connectivity index (χ4v) is 3.48. The maximum Gasteiger partial charge on any atom is 0.308 e. The Morgan fingerprint density at radius 1 is 0.676 bits per heavy atom. The van der Waals surface area contributed by atoms with Gasteiger partial charge >= 0.3 is 23.9 Å². The molecule has 2 aromatic carbocycles. The molecule has 3 aromatic rings. The maximum atomic E-state index is 11.6. The lowest BCUT2D eigenvalue weighted by atomic mass is 9.96. The number of hydrogen-bond donors (Lipinski definition) is 0. The van der Waals surface area contributed by atoms with E-state index in [1.807, 2.05) is 0 Å². The molecule has 188 valence electrons. The lowest BCUT2D eigenvalue weighted by Gasteiger charge is -2.14. The highest BCUT2D eigenvalue weighted by atomic mass is 16.6. The van der Waals surface area contributed by atoms with Crippen molar-refractivity contribution in [1.82, 2.24) is 4.98 Å². The predicted molar refractivity (Wildman–Crippen MR) is 130 cm³/mol. The van der Waals surface area contributed by atoms with Crippen LogP contribution in [0.4, 0.5) is 0 Å². The van der Waals surface area contributed by atoms with Crippen LogP contribution in [0.1, 0.15) is 39.0 Å². The second kappa shape index (κ2) is 11.1. The van der Waals surface area contributed by atoms with Gasteiger partial charge in [0.15, 0.2) is 23.0 Å². The normalized spacial score (nSPS) is 10.2. The van der Waals surface area contributed by atoms with Crippen LogP contribution in [0.5, 0.6) is 23.0 Å². The Morgan fingerprint density at radius 2 is 1.11 bits per heavy atom. The zero-order valence-corrected chi connectivity index (χ0v) is 20.7. The van der Waals surface area contributed by atoms with Crippen LogP contribution in [0.15, 0.2) is 42.5 Å². The Balaban J connectivity index is 2.19. The lowest BCUT2D eigenvalue weighted by molar-refractivity contribution is -0.134. The summed E-state index contributed by atoms with van der Waals surface area (Å²) in [5, 5.41) is 9.82. The van der Waals surface area contributed by atoms with Crippen LogP contribution in [-0.4, -0.2) is 28.9 Å². The zero-order chi connectivity index (χ0) is 27.3. The van der Waals surface area contributed by atoms with Gasteiger partial charge in [-0.15, -0.1) is 0 Å². The number of ether oxygens (including phenoxy) is 4. The van der Waals surface area contributed by atoms with Gasteiger partial charge < -0.3 is 18.9 Å². The summed E-state index contributed by atoms with van der Waals surface area (Å²) in [6.45, 7) is 6.52. The van der Waals surface area contributed by atoms with E-state index in [1.165, 1.54) is 52.0 Å². The summed E-state index contributed by atoms with van der Waals surface area (Å²) in [7, 11) is 0. The van der Waals surface area contributed by atoms with Crippen molar-refractivity contribution in [2.24, 2.45) is 0 Å². The molecule has 0 unspecified atom stereocenters. The smallest absolute Gasteiger partial charge is 0.308 e. The Hall–Kier alpha value is -5.04. The van der Waals surface area contributed by atoms with Crippen LogP contribution >= 0.6 is 0 Å². The highest BCUT2D eigenvalue weighted by Gasteiger charge is 2.18. The van der Waals surface area contributed by atoms with Crippen LogP contribution in [-0.2, 0) is 19.2 Å². The van der Waals surface area contributed by atoms with Crippen molar-refractivity contribution in [3.63, 3.8) is 0 Å². The van der Waals surface area contributed by atoms with Crippen molar-refractivity contribution in [2.45, 2.75) is 34.6 Å². The molecule has 3 rings (SSSR count). The van der Waals surface area contributed by atoms with E-state index in [9.17, 15) is 24.4 Å². The molecule has 0 N–H and O–H groups in total. The summed E-state index contributed by atoms with van der Waals surface area (Å²) in [5.74, 6) is -2.29. The van der Waals surface area contributed by atoms with Gasteiger partial charge in [0.2, 0.25) is 0 Å². The highest BCUT2D eigenvalue weighted by molar-refractivity contribution is 5.81. The van der Waals surface area contributed by atoms with Gasteiger partial charge in [-0.1, -0.05) is 6.07 Å². The molecular formula is C27H22N2O8. The summed E-state index contributed by atoms with van der Waals surface area (Å²) in [4.78, 5) is 50.6. The number of carbonyl (C=O) groups excluding carboxylic acids is 4. The number of benzene rings is 2. The van der Waals surface area contributed by atoms with Crippen LogP contribution in [0.3, 0.4) is 0 Å². The Kier molecular flexibility index (Phi) is 7.99. The molecule has 37 heavy (non-hydrogen) atoms. The Morgan fingerprint density at radius 3 is 1.57 bits per heavy atom. The maximum absolute atomic E-state index is 11.6. The van der Waals surface area contributed by atoms with Gasteiger partial charge in [-0.3, -0.25) is 24.2 Å². The first-order valence-electron chi connectivity index (χ1n) is 10.9. The third-order valence-electron chi connectivity index (χ3n) is 4.82. The molecule has 0 radical (unpaired) electrons. The van der Waals surface area contributed by atoms with Crippen LogP contribution in [0, 0.1) is 18.3 Å². The van der Waals surface area contributed by atoms with Crippen molar-refractivity contribution in [3.8, 4) is 51.5 Å². The summed E-state index contributed by atoms with van der Waals surface area (Å²) in [5.41, 5.74) is 2.57. The van der Waals surface area contributed by atoms with E-state index in [4.69, 9.17) is 18.9 Å². The van der Waals surface area contributed by atoms with Gasteiger partial charge in [0.05, 0.1) is 17.0 Å². The average molecular weight is 502 g/mol. The first-order valence-corrected chi connectivity index (χ1v) is 10.9. The molecule has 0 aliphatic rings. The summed E-state index contributed by atoms with van der Waals surface area (Å²) >= 11 is 0. The fraction of sp³-hybridized carbons (Fsp3) is 0.185. The second-order valence-electron chi connectivity index (χ2n) is 7.82. The molecule has 0 spiro atoms. The van der Waals surface area contributed by atoms with Crippen molar-refractivity contribution in [3.05, 3.63) is 53.7 Å². The number of carbonyl (C=O) groups is 4. The number of aryl methyl sites for hydroxylation is 1. The van der Waals surface area contributed by atoms with Gasteiger partial charge in [-0.25, -0.2) is 0 Å². The van der Waals surface area contributed by atoms with E-state index in [-0.39, 0.29) is 28.6 Å². The zero-order valence-electron chi connectivity index (χ0n) is 20.7. The van der Waals surface area contributed by atoms with E-state index in [0.29, 0.717) is 28.1 Å². The SMILES string of the molecule is CC(=O)Oc1ccc(-c2cc(-c3ccc(OC(C)=O)c(OC(C)=O)c3)c(C#N)c(C)n2)cc1OC(C)=O. The molecule has 0 saturated heterocycles. The molecule has 0 atom stereocenters. The number of hydrogen-bond acceptors (Lipinski definition) is 10. The molecule has 0 aliphatic heterocycles. The second-order valence-corrected chi connectivity index (χ2v) is 7.82. The molecule has 0 bridgehead atoms. The topological polar surface area (TPSA) is 142 Å². The number of nitriles is 1. The van der Waals surface area contributed by atoms with Crippen LogP contribution in [0.25, 0.3) is 22.4 Å². The van der Waals surface area contributed by atoms with Crippen LogP contribution in [0.2, 0.25) is 0 Å². The minimum Gasteiger partial charge on any atom is -0.423 e. The molecule has 10 nitrogen and oxygen atoms in total. The molecule has 1 aromatic heterocycles. The molecular weight excluding hydrogens is 480 g/mol. The molecule has 0 saturated carbocycles. The Bertz CT molecular complexity index is 1470. The van der Waals surface area contributed by atoms with Gasteiger partial charge in [-0.05, 0) is 48.9 Å². The van der Waals surface area contributed by atoms with E-state index >= 15 is 0 Å². The largest absolute Gasteiger partial charge is 0.423 e. The third kappa shape index (κ3) is 6.55. The first-order chi connectivity index (χ1) is 17.5. The average Bonchev–Trinajstić information content (AvgIpc) is 2.79. The summed E-state index contributed by atoms with van der Waals surface area (Å²) < 4.78 is 20.7. The van der Waals surface area contributed by atoms with Gasteiger partial charge in [0, 0.05) is 38.8 Å². The van der Waals surface area contributed by atoms with Gasteiger partial charge in [0.1, 0.15) is 6.07 Å². The van der Waals surface area contributed by atoms with Crippen molar-refractivity contribution < 1.29 is 38.1 Å². The monoisotopic (exact) mass is 502 g/mol. The molecule has 0 fully saturated rings. The van der Waals surface area contributed by atoms with Gasteiger partial charge in [-0.2, -0.15) is 5.26 Å². The van der Waals surface area contributed by atoms with E-state index in [1.54, 1.807) is 25.1 Å². The first kappa shape index (κ1) is 26.6. The number of nitrogens with zero attached hydrogens (tertiary/aromatic N) is 2. The predicted octanol–water partition coefficient (Wildman–Crippen LogP) is 4.30. The third-order valence-corrected chi connectivity index (χ3v) is 4.82. The molecule has 1 heterocycles. The molecule has 0 aliphatic carbocycles. The van der Waals surface area contributed by atoms with Crippen molar-refractivity contribution in [1.29, 1.82) is 5.26 Å². The standard InChI is InChI=1S/C27H22N2O8/c1-14-22(13-28)21(19-6-8-24(34-15(2)30)26(10-19)36-17(4)32)12-23(29-14)20-7-9-25(35-16(3)31)27(11-20)37-18(5)33/h6-12H,1-5H3. The van der Waals surface area contributed by atoms with Crippen molar-refractivity contribution in [2.75, 3.05) is 0 Å². The van der Waals surface area contributed by atoms with E-state index in [0.717, 1.165) is 0 Å². The van der Waals surface area contributed by atoms with E-state index < -0.39 is 23.9 Å². The lowest BCUT2D eigenvalue weighted by Crippen LogP contribution is -2.07. The minimum atomic E-state index is -0.622.